The number of amides is 1. The molecule has 1 amide bonds. The van der Waals surface area contributed by atoms with E-state index < -0.39 is 35.8 Å². The Labute approximate surface area is 229 Å². The second-order valence-corrected chi connectivity index (χ2v) is 9.61. The fourth-order valence-electron chi connectivity index (χ4n) is 5.38. The summed E-state index contributed by atoms with van der Waals surface area (Å²) in [5, 5.41) is 24.0. The van der Waals surface area contributed by atoms with Crippen molar-refractivity contribution in [1.29, 1.82) is 0 Å². The Morgan fingerprint density at radius 2 is 1.85 bits per heavy atom. The molecule has 1 saturated carbocycles. The van der Waals surface area contributed by atoms with Gasteiger partial charge < -0.3 is 19.5 Å². The summed E-state index contributed by atoms with van der Waals surface area (Å²) in [5.74, 6) is -1.75. The first-order valence-corrected chi connectivity index (χ1v) is 12.8. The quantitative estimate of drug-likeness (QED) is 0.307. The van der Waals surface area contributed by atoms with Crippen molar-refractivity contribution in [3.63, 3.8) is 0 Å². The number of rotatable bonds is 9. The Balaban J connectivity index is 1.52. The molecular formula is C29H28FN5O5. The Hall–Kier alpha value is -4.80. The normalized spacial score (nSPS) is 18.3. The summed E-state index contributed by atoms with van der Waals surface area (Å²) in [6.07, 6.45) is 0.180. The van der Waals surface area contributed by atoms with Gasteiger partial charge in [0.05, 0.1) is 19.6 Å². The van der Waals surface area contributed by atoms with Crippen LogP contribution in [0.2, 0.25) is 0 Å². The number of methoxy groups -OCH3 is 1. The third kappa shape index (κ3) is 5.78. The van der Waals surface area contributed by atoms with E-state index in [1.807, 2.05) is 36.4 Å². The van der Waals surface area contributed by atoms with Gasteiger partial charge in [-0.1, -0.05) is 42.5 Å². The molecule has 3 atom stereocenters. The highest BCUT2D eigenvalue weighted by Gasteiger charge is 2.45. The zero-order chi connectivity index (χ0) is 28.1. The van der Waals surface area contributed by atoms with Crippen molar-refractivity contribution in [3.8, 4) is 17.1 Å². The molecule has 0 saturated heterocycles. The highest BCUT2D eigenvalue weighted by Crippen LogP contribution is 2.44. The number of aliphatic carboxylic acids is 1. The second kappa shape index (κ2) is 11.9. The largest absolute Gasteiger partial charge is 0.496 e. The maximum Gasteiger partial charge on any atom is 0.410 e. The maximum atomic E-state index is 13.8. The van der Waals surface area contributed by atoms with Gasteiger partial charge in [0.15, 0.2) is 5.82 Å². The fourth-order valence-corrected chi connectivity index (χ4v) is 5.38. The molecule has 2 N–H and O–H groups in total. The number of benzene rings is 3. The molecule has 1 aromatic heterocycles. The van der Waals surface area contributed by atoms with Gasteiger partial charge in [0.2, 0.25) is 0 Å². The molecule has 5 rings (SSSR count). The first-order chi connectivity index (χ1) is 19.4. The van der Waals surface area contributed by atoms with Crippen LogP contribution in [0.5, 0.6) is 5.75 Å². The molecule has 0 bridgehead atoms. The summed E-state index contributed by atoms with van der Waals surface area (Å²) in [4.78, 5) is 27.6. The molecule has 1 aliphatic rings. The van der Waals surface area contributed by atoms with E-state index in [0.717, 1.165) is 5.56 Å². The number of tetrazole rings is 1. The average Bonchev–Trinajstić information content (AvgIpc) is 3.67. The van der Waals surface area contributed by atoms with Crippen LogP contribution in [0, 0.1) is 11.7 Å². The average molecular weight is 546 g/mol. The summed E-state index contributed by atoms with van der Waals surface area (Å²) in [5.41, 5.74) is 2.80. The number of carbonyl (C=O) groups is 2. The minimum absolute atomic E-state index is 0.0490. The van der Waals surface area contributed by atoms with E-state index in [0.29, 0.717) is 41.1 Å². The lowest BCUT2D eigenvalue weighted by Crippen LogP contribution is -2.43. The number of aromatic amines is 1. The van der Waals surface area contributed by atoms with Gasteiger partial charge in [0.25, 0.3) is 0 Å². The lowest BCUT2D eigenvalue weighted by atomic mass is 9.86. The topological polar surface area (TPSA) is 131 Å². The highest BCUT2D eigenvalue weighted by atomic mass is 19.1. The molecular weight excluding hydrogens is 517 g/mol. The molecule has 11 heteroatoms. The van der Waals surface area contributed by atoms with E-state index in [1.54, 1.807) is 29.2 Å². The molecule has 10 nitrogen and oxygen atoms in total. The zero-order valence-corrected chi connectivity index (χ0v) is 21.7. The summed E-state index contributed by atoms with van der Waals surface area (Å²) in [7, 11) is 1.53. The third-order valence-corrected chi connectivity index (χ3v) is 7.27. The molecule has 40 heavy (non-hydrogen) atoms. The summed E-state index contributed by atoms with van der Waals surface area (Å²) in [6, 6.07) is 19.9. The monoisotopic (exact) mass is 545 g/mol. The number of aromatic nitrogens is 4. The van der Waals surface area contributed by atoms with Crippen LogP contribution in [0.4, 0.5) is 9.18 Å². The van der Waals surface area contributed by atoms with Crippen LogP contribution in [-0.4, -0.2) is 55.8 Å². The molecule has 3 aromatic carbocycles. The van der Waals surface area contributed by atoms with Crippen molar-refractivity contribution in [2.75, 3.05) is 7.11 Å². The fraction of sp³-hybridized carbons (Fsp3) is 0.276. The minimum Gasteiger partial charge on any atom is -0.496 e. The molecule has 4 aromatic rings. The predicted molar refractivity (Wildman–Crippen MR) is 142 cm³/mol. The van der Waals surface area contributed by atoms with E-state index in [-0.39, 0.29) is 13.2 Å². The van der Waals surface area contributed by atoms with Crippen LogP contribution < -0.4 is 4.74 Å². The number of halogens is 1. The zero-order valence-electron chi connectivity index (χ0n) is 21.7. The van der Waals surface area contributed by atoms with Gasteiger partial charge in [-0.15, -0.1) is 5.10 Å². The lowest BCUT2D eigenvalue weighted by Gasteiger charge is -2.34. The molecule has 0 spiro atoms. The number of hydrogen-bond acceptors (Lipinski definition) is 7. The molecule has 1 aliphatic carbocycles. The van der Waals surface area contributed by atoms with Crippen LogP contribution in [0.15, 0.2) is 72.8 Å². The van der Waals surface area contributed by atoms with Crippen LogP contribution in [0.25, 0.3) is 11.4 Å². The van der Waals surface area contributed by atoms with Crippen molar-refractivity contribution >= 4 is 12.1 Å². The van der Waals surface area contributed by atoms with Crippen molar-refractivity contribution in [1.82, 2.24) is 25.5 Å². The van der Waals surface area contributed by atoms with E-state index in [1.165, 1.54) is 19.2 Å². The van der Waals surface area contributed by atoms with Crippen molar-refractivity contribution in [2.45, 2.75) is 38.0 Å². The van der Waals surface area contributed by atoms with Crippen LogP contribution in [0.1, 0.15) is 35.4 Å². The number of carboxylic acid groups (broad SMARTS) is 1. The number of ether oxygens (including phenoxy) is 2. The number of H-pyrrole nitrogens is 1. The Bertz CT molecular complexity index is 1450. The Morgan fingerprint density at radius 3 is 2.52 bits per heavy atom. The second-order valence-electron chi connectivity index (χ2n) is 9.61. The molecule has 0 aliphatic heterocycles. The minimum atomic E-state index is -0.966. The number of carboxylic acids is 1. The van der Waals surface area contributed by atoms with Gasteiger partial charge in [-0.3, -0.25) is 4.79 Å². The van der Waals surface area contributed by atoms with Gasteiger partial charge in [0.1, 0.15) is 18.2 Å². The SMILES string of the molecule is COc1ccc(-c2nnn[nH]2)cc1CN(C(=O)OCc1ccccc1)[C@H]1CC[C@H](C(=O)O)[C@H]1c1ccc(F)cc1. The van der Waals surface area contributed by atoms with Crippen LogP contribution >= 0.6 is 0 Å². The Kier molecular flexibility index (Phi) is 7.99. The molecule has 0 unspecified atom stereocenters. The first-order valence-electron chi connectivity index (χ1n) is 12.8. The van der Waals surface area contributed by atoms with E-state index >= 15 is 0 Å². The summed E-state index contributed by atoms with van der Waals surface area (Å²) < 4.78 is 25.1. The Morgan fingerprint density at radius 1 is 1.07 bits per heavy atom. The highest BCUT2D eigenvalue weighted by molar-refractivity contribution is 5.74. The van der Waals surface area contributed by atoms with E-state index in [9.17, 15) is 19.1 Å². The number of hydrogen-bond donors (Lipinski definition) is 2. The molecule has 206 valence electrons. The molecule has 0 radical (unpaired) electrons. The van der Waals surface area contributed by atoms with Crippen LogP contribution in [-0.2, 0) is 22.7 Å². The number of nitrogens with zero attached hydrogens (tertiary/aromatic N) is 4. The van der Waals surface area contributed by atoms with E-state index in [2.05, 4.69) is 20.6 Å². The molecule has 1 heterocycles. The van der Waals surface area contributed by atoms with Crippen molar-refractivity contribution < 1.29 is 28.6 Å². The van der Waals surface area contributed by atoms with Gasteiger partial charge in [-0.2, -0.15) is 0 Å². The lowest BCUT2D eigenvalue weighted by molar-refractivity contribution is -0.142. The summed E-state index contributed by atoms with van der Waals surface area (Å²) in [6.45, 7) is 0.119. The third-order valence-electron chi connectivity index (χ3n) is 7.27. The van der Waals surface area contributed by atoms with Gasteiger partial charge in [0, 0.05) is 23.1 Å². The number of carbonyl (C=O) groups excluding carboxylic acids is 1. The number of nitrogens with one attached hydrogen (secondary N) is 1. The standard InChI is InChI=1S/C29H28FN5O5/c1-39-25-14-9-20(27-31-33-34-32-27)15-21(25)16-35(29(38)40-17-18-5-3-2-4-6-18)24-13-12-23(28(36)37)26(24)19-7-10-22(30)11-8-19/h2-11,14-15,23-24,26H,12-13,16-17H2,1H3,(H,36,37)(H,31,32,33,34)/t23-,24-,26+/m0/s1. The van der Waals surface area contributed by atoms with E-state index in [4.69, 9.17) is 9.47 Å². The van der Waals surface area contributed by atoms with Gasteiger partial charge >= 0.3 is 12.1 Å². The first kappa shape index (κ1) is 26.8. The molecule has 1 fully saturated rings. The summed E-state index contributed by atoms with van der Waals surface area (Å²) >= 11 is 0. The maximum absolute atomic E-state index is 13.8. The van der Waals surface area contributed by atoms with Crippen molar-refractivity contribution in [3.05, 3.63) is 95.3 Å². The van der Waals surface area contributed by atoms with Gasteiger partial charge in [-0.25, -0.2) is 14.3 Å². The van der Waals surface area contributed by atoms with Gasteiger partial charge in [-0.05, 0) is 64.7 Å². The van der Waals surface area contributed by atoms with Crippen LogP contribution in [0.3, 0.4) is 0 Å². The smallest absolute Gasteiger partial charge is 0.410 e. The van der Waals surface area contributed by atoms with Crippen molar-refractivity contribution in [2.24, 2.45) is 5.92 Å². The predicted octanol–water partition coefficient (Wildman–Crippen LogP) is 4.80.